The van der Waals surface area contributed by atoms with Gasteiger partial charge in [-0.15, -0.1) is 0 Å². The molecule has 0 unspecified atom stereocenters. The number of anilines is 2. The highest BCUT2D eigenvalue weighted by Crippen LogP contribution is 2.33. The van der Waals surface area contributed by atoms with E-state index in [0.29, 0.717) is 17.8 Å². The van der Waals surface area contributed by atoms with Crippen molar-refractivity contribution in [2.24, 2.45) is 0 Å². The van der Waals surface area contributed by atoms with E-state index in [1.54, 1.807) is 23.1 Å². The number of phenols is 1. The van der Waals surface area contributed by atoms with Crippen molar-refractivity contribution in [3.63, 3.8) is 0 Å². The van der Waals surface area contributed by atoms with Gasteiger partial charge in [0.1, 0.15) is 5.75 Å². The minimum absolute atomic E-state index is 0.0960. The molecule has 2 aromatic rings. The predicted octanol–water partition coefficient (Wildman–Crippen LogP) is 2.49. The van der Waals surface area contributed by atoms with Gasteiger partial charge < -0.3 is 15.7 Å². The van der Waals surface area contributed by atoms with Gasteiger partial charge in [-0.2, -0.15) is 0 Å². The first-order valence-corrected chi connectivity index (χ1v) is 6.56. The highest BCUT2D eigenvalue weighted by molar-refractivity contribution is 6.07. The Hall–Kier alpha value is -2.49. The molecular formula is C16H16N2O2. The second-order valence-corrected chi connectivity index (χ2v) is 5.09. The largest absolute Gasteiger partial charge is 0.508 e. The molecule has 102 valence electrons. The molecule has 1 aliphatic heterocycles. The lowest BCUT2D eigenvalue weighted by molar-refractivity contribution is 0.0989. The highest BCUT2D eigenvalue weighted by atomic mass is 16.3. The number of nitrogens with two attached hydrogens (primary N) is 1. The number of hydrogen-bond donors (Lipinski definition) is 2. The van der Waals surface area contributed by atoms with E-state index in [1.165, 1.54) is 6.07 Å². The lowest BCUT2D eigenvalue weighted by Crippen LogP contribution is -2.28. The van der Waals surface area contributed by atoms with Gasteiger partial charge in [-0.25, -0.2) is 0 Å². The van der Waals surface area contributed by atoms with Crippen LogP contribution in [0.3, 0.4) is 0 Å². The van der Waals surface area contributed by atoms with E-state index in [2.05, 4.69) is 0 Å². The summed E-state index contributed by atoms with van der Waals surface area (Å²) in [4.78, 5) is 14.3. The van der Waals surface area contributed by atoms with E-state index < -0.39 is 0 Å². The summed E-state index contributed by atoms with van der Waals surface area (Å²) < 4.78 is 0. The predicted molar refractivity (Wildman–Crippen MR) is 79.1 cm³/mol. The van der Waals surface area contributed by atoms with Crippen LogP contribution in [0.25, 0.3) is 0 Å². The summed E-state index contributed by atoms with van der Waals surface area (Å²) in [6.45, 7) is 2.61. The summed E-state index contributed by atoms with van der Waals surface area (Å²) >= 11 is 0. The third-order valence-corrected chi connectivity index (χ3v) is 3.70. The van der Waals surface area contributed by atoms with Crippen molar-refractivity contribution in [1.82, 2.24) is 0 Å². The van der Waals surface area contributed by atoms with E-state index in [0.717, 1.165) is 23.2 Å². The number of fused-ring (bicyclic) bond motifs is 1. The quantitative estimate of drug-likeness (QED) is 0.781. The number of rotatable bonds is 1. The van der Waals surface area contributed by atoms with E-state index in [9.17, 15) is 9.90 Å². The average molecular weight is 268 g/mol. The Labute approximate surface area is 117 Å². The summed E-state index contributed by atoms with van der Waals surface area (Å²) in [7, 11) is 0. The van der Waals surface area contributed by atoms with E-state index >= 15 is 0 Å². The van der Waals surface area contributed by atoms with Crippen LogP contribution in [0.5, 0.6) is 5.75 Å². The Morgan fingerprint density at radius 2 is 2.10 bits per heavy atom. The standard InChI is InChI=1S/C16H16N2O2/c1-10-7-11-5-6-18(15(11)9-14(10)17)16(20)12-3-2-4-13(19)8-12/h2-4,7-9,19H,5-6,17H2,1H3. The zero-order valence-electron chi connectivity index (χ0n) is 11.3. The Kier molecular flexibility index (Phi) is 2.86. The molecule has 20 heavy (non-hydrogen) atoms. The van der Waals surface area contributed by atoms with Gasteiger partial charge >= 0.3 is 0 Å². The molecule has 3 rings (SSSR count). The lowest BCUT2D eigenvalue weighted by Gasteiger charge is -2.18. The molecular weight excluding hydrogens is 252 g/mol. The molecule has 3 N–H and O–H groups in total. The Bertz CT molecular complexity index is 695. The summed E-state index contributed by atoms with van der Waals surface area (Å²) in [5.41, 5.74) is 10.2. The molecule has 0 atom stereocenters. The van der Waals surface area contributed by atoms with Gasteiger partial charge in [0, 0.05) is 23.5 Å². The first-order chi connectivity index (χ1) is 9.56. The zero-order chi connectivity index (χ0) is 14.3. The van der Waals surface area contributed by atoms with Crippen molar-refractivity contribution in [2.75, 3.05) is 17.2 Å². The number of nitrogens with zero attached hydrogens (tertiary/aromatic N) is 1. The van der Waals surface area contributed by atoms with Gasteiger partial charge in [0.15, 0.2) is 0 Å². The topological polar surface area (TPSA) is 66.6 Å². The fourth-order valence-corrected chi connectivity index (χ4v) is 2.58. The molecule has 0 aromatic heterocycles. The van der Waals surface area contributed by atoms with Crippen molar-refractivity contribution in [3.05, 3.63) is 53.1 Å². The molecule has 4 nitrogen and oxygen atoms in total. The summed E-state index contributed by atoms with van der Waals surface area (Å²) in [5.74, 6) is -0.0124. The summed E-state index contributed by atoms with van der Waals surface area (Å²) in [6, 6.07) is 10.3. The van der Waals surface area contributed by atoms with Gasteiger partial charge in [-0.05, 0) is 48.7 Å². The van der Waals surface area contributed by atoms with Crippen LogP contribution in [0.1, 0.15) is 21.5 Å². The Morgan fingerprint density at radius 3 is 2.85 bits per heavy atom. The van der Waals surface area contributed by atoms with Crippen molar-refractivity contribution >= 4 is 17.3 Å². The maximum Gasteiger partial charge on any atom is 0.258 e. The normalized spacial score (nSPS) is 13.3. The minimum atomic E-state index is -0.108. The number of nitrogen functional groups attached to an aromatic ring is 1. The van der Waals surface area contributed by atoms with Crippen molar-refractivity contribution in [3.8, 4) is 5.75 Å². The third kappa shape index (κ3) is 1.99. The second-order valence-electron chi connectivity index (χ2n) is 5.09. The molecule has 4 heteroatoms. The third-order valence-electron chi connectivity index (χ3n) is 3.70. The monoisotopic (exact) mass is 268 g/mol. The molecule has 1 amide bonds. The number of carbonyl (C=O) groups is 1. The zero-order valence-corrected chi connectivity index (χ0v) is 11.3. The summed E-state index contributed by atoms with van der Waals surface area (Å²) in [5, 5.41) is 9.49. The van der Waals surface area contributed by atoms with Crippen molar-refractivity contribution in [2.45, 2.75) is 13.3 Å². The van der Waals surface area contributed by atoms with Crippen LogP contribution in [-0.4, -0.2) is 17.6 Å². The molecule has 0 bridgehead atoms. The lowest BCUT2D eigenvalue weighted by atomic mass is 10.1. The molecule has 0 fully saturated rings. The van der Waals surface area contributed by atoms with Gasteiger partial charge in [-0.3, -0.25) is 4.79 Å². The van der Waals surface area contributed by atoms with Crippen LogP contribution in [0.4, 0.5) is 11.4 Å². The van der Waals surface area contributed by atoms with Gasteiger partial charge in [0.05, 0.1) is 0 Å². The SMILES string of the molecule is Cc1cc2c(cc1N)N(C(=O)c1cccc(O)c1)CC2. The van der Waals surface area contributed by atoms with Crippen molar-refractivity contribution < 1.29 is 9.90 Å². The molecule has 0 saturated heterocycles. The van der Waals surface area contributed by atoms with E-state index in [-0.39, 0.29) is 11.7 Å². The molecule has 0 saturated carbocycles. The number of benzene rings is 2. The molecule has 0 spiro atoms. The molecule has 1 aliphatic rings. The van der Waals surface area contributed by atoms with Crippen LogP contribution < -0.4 is 10.6 Å². The number of hydrogen-bond acceptors (Lipinski definition) is 3. The fourth-order valence-electron chi connectivity index (χ4n) is 2.58. The van der Waals surface area contributed by atoms with Crippen LogP contribution in [0.15, 0.2) is 36.4 Å². The van der Waals surface area contributed by atoms with Gasteiger partial charge in [0.2, 0.25) is 0 Å². The molecule has 0 aliphatic carbocycles. The molecule has 1 heterocycles. The molecule has 0 radical (unpaired) electrons. The van der Waals surface area contributed by atoms with Gasteiger partial charge in [-0.1, -0.05) is 12.1 Å². The number of phenolic OH excluding ortho intramolecular Hbond substituents is 1. The average Bonchev–Trinajstić information content (AvgIpc) is 2.81. The maximum absolute atomic E-state index is 12.5. The Balaban J connectivity index is 1.99. The van der Waals surface area contributed by atoms with Gasteiger partial charge in [0.25, 0.3) is 5.91 Å². The smallest absolute Gasteiger partial charge is 0.258 e. The van der Waals surface area contributed by atoms with Crippen LogP contribution in [0, 0.1) is 6.92 Å². The van der Waals surface area contributed by atoms with E-state index in [1.807, 2.05) is 19.1 Å². The maximum atomic E-state index is 12.5. The first-order valence-electron chi connectivity index (χ1n) is 6.56. The summed E-state index contributed by atoms with van der Waals surface area (Å²) in [6.07, 6.45) is 0.834. The number of carbonyl (C=O) groups excluding carboxylic acids is 1. The Morgan fingerprint density at radius 1 is 1.30 bits per heavy atom. The van der Waals surface area contributed by atoms with Crippen LogP contribution in [0.2, 0.25) is 0 Å². The fraction of sp³-hybridized carbons (Fsp3) is 0.188. The number of aryl methyl sites for hydroxylation is 1. The van der Waals surface area contributed by atoms with Crippen LogP contribution >= 0.6 is 0 Å². The number of amides is 1. The molecule has 2 aromatic carbocycles. The van der Waals surface area contributed by atoms with Crippen LogP contribution in [-0.2, 0) is 6.42 Å². The second kappa shape index (κ2) is 4.56. The first kappa shape index (κ1) is 12.5. The van der Waals surface area contributed by atoms with E-state index in [4.69, 9.17) is 5.73 Å². The van der Waals surface area contributed by atoms with Crippen molar-refractivity contribution in [1.29, 1.82) is 0 Å². The minimum Gasteiger partial charge on any atom is -0.508 e. The number of aromatic hydroxyl groups is 1. The highest BCUT2D eigenvalue weighted by Gasteiger charge is 2.26.